The molecule has 1 aliphatic heterocycles. The molecule has 3 aromatic carbocycles. The number of hydrogen-bond donors (Lipinski definition) is 1. The van der Waals surface area contributed by atoms with Gasteiger partial charge in [-0.2, -0.15) is 0 Å². The number of hydrogen-bond acceptors (Lipinski definition) is 4. The Labute approximate surface area is 248 Å². The van der Waals surface area contributed by atoms with Crippen molar-refractivity contribution >= 4 is 34.6 Å². The first-order valence-electron chi connectivity index (χ1n) is 14.7. The predicted octanol–water partition coefficient (Wildman–Crippen LogP) is 8.04. The van der Waals surface area contributed by atoms with E-state index in [1.165, 1.54) is 43.2 Å². The Hall–Kier alpha value is -3.83. The minimum Gasteiger partial charge on any atom is -0.385 e. The maximum Gasteiger partial charge on any atom is 0.232 e. The number of rotatable bonds is 8. The van der Waals surface area contributed by atoms with E-state index in [-0.39, 0.29) is 11.9 Å². The van der Waals surface area contributed by atoms with Gasteiger partial charge in [0.1, 0.15) is 0 Å². The molecular formula is C35H37ClN4O. The Morgan fingerprint density at radius 1 is 0.927 bits per heavy atom. The van der Waals surface area contributed by atoms with Crippen LogP contribution in [0.3, 0.4) is 0 Å². The molecule has 210 valence electrons. The molecule has 0 radical (unpaired) electrons. The van der Waals surface area contributed by atoms with Crippen LogP contribution in [0.2, 0.25) is 5.02 Å². The van der Waals surface area contributed by atoms with Crippen molar-refractivity contribution in [1.29, 1.82) is 0 Å². The van der Waals surface area contributed by atoms with Crippen molar-refractivity contribution in [3.05, 3.63) is 119 Å². The van der Waals surface area contributed by atoms with Gasteiger partial charge >= 0.3 is 0 Å². The van der Waals surface area contributed by atoms with Crippen LogP contribution in [-0.2, 0) is 17.8 Å². The molecule has 1 saturated carbocycles. The van der Waals surface area contributed by atoms with E-state index >= 15 is 0 Å². The zero-order valence-electron chi connectivity index (χ0n) is 23.6. The highest BCUT2D eigenvalue weighted by Crippen LogP contribution is 2.41. The van der Waals surface area contributed by atoms with Gasteiger partial charge in [-0.3, -0.25) is 9.78 Å². The number of aromatic nitrogens is 1. The van der Waals surface area contributed by atoms with Crippen molar-refractivity contribution < 1.29 is 4.79 Å². The summed E-state index contributed by atoms with van der Waals surface area (Å²) in [4.78, 5) is 22.0. The van der Waals surface area contributed by atoms with E-state index in [2.05, 4.69) is 64.7 Å². The normalized spacial score (nSPS) is 17.3. The third-order valence-electron chi connectivity index (χ3n) is 8.55. The second kappa shape index (κ2) is 12.4. The first-order valence-corrected chi connectivity index (χ1v) is 15.1. The van der Waals surface area contributed by atoms with Gasteiger partial charge in [-0.25, -0.2) is 0 Å². The van der Waals surface area contributed by atoms with Crippen LogP contribution in [0.4, 0.5) is 17.1 Å². The highest BCUT2D eigenvalue weighted by molar-refractivity contribution is 6.30. The number of nitrogens with one attached hydrogen (secondary N) is 1. The molecule has 1 N–H and O–H groups in total. The smallest absolute Gasteiger partial charge is 0.232 e. The van der Waals surface area contributed by atoms with Gasteiger partial charge < -0.3 is 15.1 Å². The van der Waals surface area contributed by atoms with Crippen molar-refractivity contribution in [1.82, 2.24) is 4.98 Å². The summed E-state index contributed by atoms with van der Waals surface area (Å²) in [5, 5.41) is 4.40. The molecule has 1 atom stereocenters. The molecule has 1 aliphatic carbocycles. The Morgan fingerprint density at radius 3 is 2.39 bits per heavy atom. The number of benzene rings is 3. The quantitative estimate of drug-likeness (QED) is 0.235. The van der Waals surface area contributed by atoms with E-state index in [0.29, 0.717) is 11.4 Å². The maximum absolute atomic E-state index is 13.8. The topological polar surface area (TPSA) is 48.5 Å². The summed E-state index contributed by atoms with van der Waals surface area (Å²) in [7, 11) is 2.08. The third-order valence-corrected chi connectivity index (χ3v) is 8.80. The van der Waals surface area contributed by atoms with Gasteiger partial charge in [-0.1, -0.05) is 49.1 Å². The lowest BCUT2D eigenvalue weighted by atomic mass is 9.86. The molecule has 2 aliphatic rings. The van der Waals surface area contributed by atoms with E-state index in [1.807, 2.05) is 53.7 Å². The summed E-state index contributed by atoms with van der Waals surface area (Å²) in [6.45, 7) is 1.78. The van der Waals surface area contributed by atoms with Gasteiger partial charge in [0, 0.05) is 54.6 Å². The lowest BCUT2D eigenvalue weighted by Gasteiger charge is -2.38. The van der Waals surface area contributed by atoms with Crippen LogP contribution in [0.25, 0.3) is 0 Å². The number of anilines is 3. The Kier molecular flexibility index (Phi) is 8.24. The summed E-state index contributed by atoms with van der Waals surface area (Å²) in [6.07, 6.45) is 10.7. The SMILES string of the molecule is CN(Cc1ccncc1)c1ccc(N2C(=O)Cc3ccc(NCC4CCCCC4)cc3C2c2ccc(Cl)cc2)cc1. The highest BCUT2D eigenvalue weighted by Gasteiger charge is 2.35. The van der Waals surface area contributed by atoms with Crippen LogP contribution >= 0.6 is 11.6 Å². The summed E-state index contributed by atoms with van der Waals surface area (Å²) in [5.74, 6) is 0.832. The second-order valence-corrected chi connectivity index (χ2v) is 11.9. The molecule has 0 bridgehead atoms. The Bertz CT molecular complexity index is 1470. The molecule has 5 nitrogen and oxygen atoms in total. The molecule has 6 heteroatoms. The van der Waals surface area contributed by atoms with Crippen molar-refractivity contribution in [2.75, 3.05) is 28.7 Å². The first kappa shape index (κ1) is 27.3. The fourth-order valence-electron chi connectivity index (χ4n) is 6.29. The monoisotopic (exact) mass is 564 g/mol. The lowest BCUT2D eigenvalue weighted by Crippen LogP contribution is -2.41. The summed E-state index contributed by atoms with van der Waals surface area (Å²) >= 11 is 6.28. The fourth-order valence-corrected chi connectivity index (χ4v) is 6.42. The van der Waals surface area contributed by atoms with Gasteiger partial charge in [-0.05, 0) is 102 Å². The Morgan fingerprint density at radius 2 is 1.66 bits per heavy atom. The largest absolute Gasteiger partial charge is 0.385 e. The predicted molar refractivity (Wildman–Crippen MR) is 169 cm³/mol. The van der Waals surface area contributed by atoms with Crippen molar-refractivity contribution in [3.8, 4) is 0 Å². The minimum atomic E-state index is -0.236. The number of fused-ring (bicyclic) bond motifs is 1. The number of amides is 1. The van der Waals surface area contributed by atoms with E-state index in [4.69, 9.17) is 11.6 Å². The minimum absolute atomic E-state index is 0.0956. The molecule has 1 unspecified atom stereocenters. The number of carbonyl (C=O) groups excluding carboxylic acids is 1. The average Bonchev–Trinajstić information content (AvgIpc) is 3.01. The maximum atomic E-state index is 13.8. The third kappa shape index (κ3) is 6.25. The van der Waals surface area contributed by atoms with Crippen LogP contribution in [0.5, 0.6) is 0 Å². The molecule has 4 aromatic rings. The van der Waals surface area contributed by atoms with Crippen LogP contribution < -0.4 is 15.1 Å². The number of carbonyl (C=O) groups is 1. The molecule has 41 heavy (non-hydrogen) atoms. The van der Waals surface area contributed by atoms with Gasteiger partial charge in [0.25, 0.3) is 0 Å². The molecular weight excluding hydrogens is 528 g/mol. The van der Waals surface area contributed by atoms with Crippen LogP contribution in [-0.4, -0.2) is 24.5 Å². The number of halogens is 1. The van der Waals surface area contributed by atoms with E-state index < -0.39 is 0 Å². The van der Waals surface area contributed by atoms with Crippen LogP contribution in [0, 0.1) is 5.92 Å². The van der Waals surface area contributed by atoms with Gasteiger partial charge in [0.2, 0.25) is 5.91 Å². The summed E-state index contributed by atoms with van der Waals surface area (Å²) < 4.78 is 0. The van der Waals surface area contributed by atoms with E-state index in [1.54, 1.807) is 0 Å². The zero-order chi connectivity index (χ0) is 28.2. The molecule has 1 aromatic heterocycles. The van der Waals surface area contributed by atoms with Crippen LogP contribution in [0.15, 0.2) is 91.3 Å². The van der Waals surface area contributed by atoms with E-state index in [0.717, 1.165) is 47.2 Å². The molecule has 0 saturated heterocycles. The number of pyridine rings is 1. The van der Waals surface area contributed by atoms with Crippen molar-refractivity contribution in [2.24, 2.45) is 5.92 Å². The number of nitrogens with zero attached hydrogens (tertiary/aromatic N) is 3. The van der Waals surface area contributed by atoms with E-state index in [9.17, 15) is 4.79 Å². The van der Waals surface area contributed by atoms with Gasteiger partial charge in [-0.15, -0.1) is 0 Å². The fraction of sp³-hybridized carbons (Fsp3) is 0.314. The van der Waals surface area contributed by atoms with Gasteiger partial charge in [0.05, 0.1) is 12.5 Å². The second-order valence-electron chi connectivity index (χ2n) is 11.4. The summed E-state index contributed by atoms with van der Waals surface area (Å²) in [6, 6.07) is 26.6. The van der Waals surface area contributed by atoms with Crippen molar-refractivity contribution in [2.45, 2.75) is 51.1 Å². The lowest BCUT2D eigenvalue weighted by molar-refractivity contribution is -0.118. The molecule has 0 spiro atoms. The first-order chi connectivity index (χ1) is 20.0. The molecule has 2 heterocycles. The van der Waals surface area contributed by atoms with Crippen LogP contribution in [0.1, 0.15) is 60.4 Å². The summed E-state index contributed by atoms with van der Waals surface area (Å²) in [5.41, 5.74) is 7.60. The standard InChI is InChI=1S/C35H37ClN4O/c1-39(24-26-17-19-37-20-18-26)31-13-15-32(16-14-31)40-34(41)21-28-9-12-30(38-23-25-5-3-2-4-6-25)22-33(28)35(40)27-7-10-29(36)11-8-27/h7-20,22,25,35,38H,2-6,21,23-24H2,1H3. The average molecular weight is 565 g/mol. The van der Waals surface area contributed by atoms with Crippen molar-refractivity contribution in [3.63, 3.8) is 0 Å². The zero-order valence-corrected chi connectivity index (χ0v) is 24.4. The Balaban J connectivity index is 1.30. The molecule has 1 amide bonds. The highest BCUT2D eigenvalue weighted by atomic mass is 35.5. The van der Waals surface area contributed by atoms with Gasteiger partial charge in [0.15, 0.2) is 0 Å². The molecule has 1 fully saturated rings. The molecule has 6 rings (SSSR count).